The first-order valence-corrected chi connectivity index (χ1v) is 9.97. The molecule has 1 heterocycles. The van der Waals surface area contributed by atoms with Gasteiger partial charge >= 0.3 is 0 Å². The number of aliphatic hydroxyl groups is 1. The van der Waals surface area contributed by atoms with Crippen LogP contribution in [-0.4, -0.2) is 50.5 Å². The van der Waals surface area contributed by atoms with E-state index in [0.29, 0.717) is 5.56 Å². The van der Waals surface area contributed by atoms with Crippen LogP contribution in [0.1, 0.15) is 11.1 Å². The van der Waals surface area contributed by atoms with E-state index in [1.807, 2.05) is 6.92 Å². The number of rotatable bonds is 4. The van der Waals surface area contributed by atoms with Gasteiger partial charge in [-0.05, 0) is 36.8 Å². The van der Waals surface area contributed by atoms with E-state index in [2.05, 4.69) is 0 Å². The van der Waals surface area contributed by atoms with Gasteiger partial charge in [-0.15, -0.1) is 4.31 Å². The number of carbonyl (C=O) groups excluding carboxylic acids is 1. The molecular weight excluding hydrogens is 371 g/mol. The summed E-state index contributed by atoms with van der Waals surface area (Å²) in [4.78, 5) is 14.0. The second kappa shape index (κ2) is 7.85. The SMILES string of the molecule is Cc1ccc([S+](=O)([O-])N2CC(=O)N(Cc3cccc(F)c3)CC(O)C2)cc1. The van der Waals surface area contributed by atoms with E-state index in [0.717, 1.165) is 9.87 Å². The first-order valence-electron chi connectivity index (χ1n) is 8.53. The van der Waals surface area contributed by atoms with Crippen LogP contribution >= 0.6 is 0 Å². The molecule has 0 bridgehead atoms. The summed E-state index contributed by atoms with van der Waals surface area (Å²) < 4.78 is 40.1. The Balaban J connectivity index is 1.80. The van der Waals surface area contributed by atoms with Crippen molar-refractivity contribution in [3.8, 4) is 0 Å². The van der Waals surface area contributed by atoms with Crippen molar-refractivity contribution in [3.63, 3.8) is 0 Å². The van der Waals surface area contributed by atoms with Gasteiger partial charge in [0.05, 0.1) is 12.6 Å². The molecule has 1 saturated heterocycles. The smallest absolute Gasteiger partial charge is 0.241 e. The maximum Gasteiger partial charge on any atom is 0.241 e. The van der Waals surface area contributed by atoms with E-state index in [-0.39, 0.29) is 31.1 Å². The van der Waals surface area contributed by atoms with Crippen LogP contribution in [0.4, 0.5) is 4.39 Å². The van der Waals surface area contributed by atoms with E-state index in [1.165, 1.54) is 35.2 Å². The molecule has 0 spiro atoms. The number of aliphatic hydroxyl groups excluding tert-OH is 1. The van der Waals surface area contributed by atoms with Gasteiger partial charge in [-0.2, -0.15) is 0 Å². The fourth-order valence-corrected chi connectivity index (χ4v) is 4.44. The number of carbonyl (C=O) groups is 1. The molecule has 3 rings (SSSR count). The third kappa shape index (κ3) is 4.59. The van der Waals surface area contributed by atoms with Gasteiger partial charge in [0.1, 0.15) is 12.4 Å². The predicted octanol–water partition coefficient (Wildman–Crippen LogP) is 1.74. The van der Waals surface area contributed by atoms with Crippen LogP contribution in [0.25, 0.3) is 0 Å². The maximum absolute atomic E-state index is 13.4. The number of hydrogen-bond donors (Lipinski definition) is 1. The second-order valence-electron chi connectivity index (χ2n) is 6.67. The fraction of sp³-hybridized carbons (Fsp3) is 0.316. The fourth-order valence-electron chi connectivity index (χ4n) is 3.02. The molecule has 0 aliphatic carbocycles. The van der Waals surface area contributed by atoms with Crippen LogP contribution in [0.3, 0.4) is 0 Å². The van der Waals surface area contributed by atoms with Crippen LogP contribution in [0.5, 0.6) is 0 Å². The van der Waals surface area contributed by atoms with Gasteiger partial charge in [0.25, 0.3) is 0 Å². The maximum atomic E-state index is 13.4. The van der Waals surface area contributed by atoms with Crippen molar-refractivity contribution >= 4 is 16.3 Å². The molecule has 2 atom stereocenters. The number of amides is 1. The van der Waals surface area contributed by atoms with Crippen LogP contribution in [0, 0.1) is 12.7 Å². The lowest BCUT2D eigenvalue weighted by atomic mass is 10.2. The molecule has 144 valence electrons. The molecule has 1 amide bonds. The van der Waals surface area contributed by atoms with E-state index in [1.54, 1.807) is 18.2 Å². The Morgan fingerprint density at radius 3 is 2.59 bits per heavy atom. The van der Waals surface area contributed by atoms with Crippen molar-refractivity contribution in [1.29, 1.82) is 0 Å². The quantitative estimate of drug-likeness (QED) is 0.804. The van der Waals surface area contributed by atoms with Crippen LogP contribution < -0.4 is 0 Å². The lowest BCUT2D eigenvalue weighted by Gasteiger charge is -2.26. The van der Waals surface area contributed by atoms with Crippen molar-refractivity contribution in [2.45, 2.75) is 24.5 Å². The third-order valence-electron chi connectivity index (χ3n) is 4.43. The van der Waals surface area contributed by atoms with Gasteiger partial charge in [-0.25, -0.2) is 4.39 Å². The summed E-state index contributed by atoms with van der Waals surface area (Å²) in [6.07, 6.45) is -1.04. The minimum absolute atomic E-state index is 0.0186. The summed E-state index contributed by atoms with van der Waals surface area (Å²) >= 11 is 0. The minimum Gasteiger partial charge on any atom is -0.593 e. The van der Waals surface area contributed by atoms with Crippen molar-refractivity contribution in [2.24, 2.45) is 0 Å². The number of hydrogen-bond acceptors (Lipinski definition) is 4. The summed E-state index contributed by atoms with van der Waals surface area (Å²) in [5.41, 5.74) is 1.49. The Bertz CT molecular complexity index is 874. The van der Waals surface area contributed by atoms with Gasteiger partial charge < -0.3 is 14.6 Å². The van der Waals surface area contributed by atoms with Crippen LogP contribution in [-0.2, 0) is 25.9 Å². The molecule has 0 saturated carbocycles. The van der Waals surface area contributed by atoms with Crippen molar-refractivity contribution in [1.82, 2.24) is 9.21 Å². The van der Waals surface area contributed by atoms with E-state index in [4.69, 9.17) is 0 Å². The first kappa shape index (κ1) is 19.6. The summed E-state index contributed by atoms with van der Waals surface area (Å²) in [5.74, 6) is -0.856. The molecule has 1 aliphatic heterocycles. The Kier molecular flexibility index (Phi) is 5.71. The Morgan fingerprint density at radius 1 is 1.22 bits per heavy atom. The highest BCUT2D eigenvalue weighted by molar-refractivity contribution is 7.95. The highest BCUT2D eigenvalue weighted by Crippen LogP contribution is 2.24. The first-order chi connectivity index (χ1) is 12.8. The van der Waals surface area contributed by atoms with E-state index >= 15 is 0 Å². The number of aryl methyl sites for hydroxylation is 1. The van der Waals surface area contributed by atoms with Crippen LogP contribution in [0.2, 0.25) is 0 Å². The molecule has 2 unspecified atom stereocenters. The van der Waals surface area contributed by atoms with E-state index in [9.17, 15) is 23.1 Å². The predicted molar refractivity (Wildman–Crippen MR) is 97.7 cm³/mol. The largest absolute Gasteiger partial charge is 0.593 e. The standard InChI is InChI=1S/C19H21FN2O4S/c1-14-5-7-18(8-6-14)27(25,26)22-12-17(23)11-21(19(24)13-22)10-15-3-2-4-16(20)9-15/h2-9,17,23H,10-13H2,1H3. The van der Waals surface area contributed by atoms with Crippen molar-refractivity contribution < 1.29 is 23.1 Å². The monoisotopic (exact) mass is 392 g/mol. The van der Waals surface area contributed by atoms with E-state index < -0.39 is 28.2 Å². The molecule has 1 N–H and O–H groups in total. The molecular formula is C19H21FN2O4S. The lowest BCUT2D eigenvalue weighted by molar-refractivity contribution is -0.131. The zero-order valence-corrected chi connectivity index (χ0v) is 15.7. The zero-order valence-electron chi connectivity index (χ0n) is 14.9. The van der Waals surface area contributed by atoms with Gasteiger partial charge in [-0.1, -0.05) is 34.0 Å². The molecule has 8 heteroatoms. The third-order valence-corrected chi connectivity index (χ3v) is 6.26. The molecule has 0 radical (unpaired) electrons. The molecule has 1 fully saturated rings. The topological polar surface area (TPSA) is 83.9 Å². The second-order valence-corrected chi connectivity index (χ2v) is 8.61. The summed E-state index contributed by atoms with van der Waals surface area (Å²) in [5, 5.41) is 10.3. The molecule has 6 nitrogen and oxygen atoms in total. The number of benzene rings is 2. The van der Waals surface area contributed by atoms with Gasteiger partial charge in [0, 0.05) is 13.1 Å². The number of nitrogens with zero attached hydrogens (tertiary/aromatic N) is 2. The summed E-state index contributed by atoms with van der Waals surface area (Å²) in [6.45, 7) is 1.38. The minimum atomic E-state index is -3.91. The van der Waals surface area contributed by atoms with Gasteiger partial charge in [0.2, 0.25) is 5.91 Å². The lowest BCUT2D eigenvalue weighted by Crippen LogP contribution is -2.42. The summed E-state index contributed by atoms with van der Waals surface area (Å²) in [7, 11) is -3.91. The molecule has 2 aromatic carbocycles. The molecule has 0 aromatic heterocycles. The van der Waals surface area contributed by atoms with Crippen molar-refractivity contribution in [3.05, 3.63) is 65.5 Å². The Hall–Kier alpha value is -2.13. The average Bonchev–Trinajstić information content (AvgIpc) is 2.74. The average molecular weight is 392 g/mol. The number of halogens is 1. The van der Waals surface area contributed by atoms with Gasteiger partial charge in [-0.3, -0.25) is 4.79 Å². The highest BCUT2D eigenvalue weighted by atomic mass is 32.3. The van der Waals surface area contributed by atoms with Crippen LogP contribution in [0.15, 0.2) is 53.4 Å². The molecule has 2 aromatic rings. The Morgan fingerprint density at radius 2 is 1.93 bits per heavy atom. The Labute approximate surface area is 158 Å². The zero-order chi connectivity index (χ0) is 19.6. The number of sulfonamides is 1. The normalized spacial score (nSPS) is 21.0. The van der Waals surface area contributed by atoms with Gasteiger partial charge in [0.15, 0.2) is 15.3 Å². The highest BCUT2D eigenvalue weighted by Gasteiger charge is 2.38. The molecule has 27 heavy (non-hydrogen) atoms. The number of β-amino-alcohol motifs (C(OH)–C–C–N with tert-alkyl or cyclic N) is 1. The summed E-state index contributed by atoms with van der Waals surface area (Å²) in [6, 6.07) is 12.2. The molecule has 1 aliphatic rings. The van der Waals surface area contributed by atoms with Crippen molar-refractivity contribution in [2.75, 3.05) is 19.6 Å².